The second kappa shape index (κ2) is 6.52. The molecule has 10 heteroatoms. The molecule has 0 aliphatic carbocycles. The molecule has 3 rings (SSSR count). The van der Waals surface area contributed by atoms with Gasteiger partial charge in [0, 0.05) is 37.6 Å². The summed E-state index contributed by atoms with van der Waals surface area (Å²) in [6.45, 7) is 1.15. The molecule has 0 aromatic carbocycles. The average molecular weight is 359 g/mol. The van der Waals surface area contributed by atoms with E-state index >= 15 is 0 Å². The van der Waals surface area contributed by atoms with Gasteiger partial charge >= 0.3 is 6.18 Å². The molecule has 0 unspecified atom stereocenters. The normalized spacial score (nSPS) is 21.2. The van der Waals surface area contributed by atoms with Gasteiger partial charge in [-0.25, -0.2) is 9.97 Å². The Hall–Kier alpha value is -1.94. The standard InChI is InChI=1S/C14H16F3N5OS/c1-22-5-10(20-7-22)8-2-18-3-9(8)13(23)19-4-12-21-11(6-24-12)14(15,16)17/h5-9,18H,2-4H2,1H3,(H,19,23)/t8-,9-/m1/s1. The predicted molar refractivity (Wildman–Crippen MR) is 81.3 cm³/mol. The number of amides is 1. The number of carbonyl (C=O) groups is 1. The van der Waals surface area contributed by atoms with Gasteiger partial charge in [0.15, 0.2) is 5.69 Å². The van der Waals surface area contributed by atoms with Crippen molar-refractivity contribution in [1.29, 1.82) is 0 Å². The lowest BCUT2D eigenvalue weighted by Gasteiger charge is -2.16. The Morgan fingerprint density at radius 2 is 2.29 bits per heavy atom. The van der Waals surface area contributed by atoms with Crippen LogP contribution in [0.25, 0.3) is 0 Å². The van der Waals surface area contributed by atoms with Gasteiger partial charge in [-0.1, -0.05) is 0 Å². The maximum Gasteiger partial charge on any atom is 0.434 e. The Balaban J connectivity index is 1.61. The van der Waals surface area contributed by atoms with E-state index in [0.29, 0.717) is 13.1 Å². The Kier molecular flexibility index (Phi) is 4.59. The molecule has 1 amide bonds. The molecule has 6 nitrogen and oxygen atoms in total. The van der Waals surface area contributed by atoms with Gasteiger partial charge in [0.05, 0.1) is 24.5 Å². The lowest BCUT2D eigenvalue weighted by Crippen LogP contribution is -2.34. The van der Waals surface area contributed by atoms with Gasteiger partial charge in [0.2, 0.25) is 5.91 Å². The fourth-order valence-electron chi connectivity index (χ4n) is 2.71. The third kappa shape index (κ3) is 3.59. The molecule has 0 spiro atoms. The first-order chi connectivity index (χ1) is 11.3. The molecule has 3 heterocycles. The number of hydrogen-bond donors (Lipinski definition) is 2. The maximum atomic E-state index is 12.5. The van der Waals surface area contributed by atoms with Crippen molar-refractivity contribution >= 4 is 17.2 Å². The largest absolute Gasteiger partial charge is 0.434 e. The van der Waals surface area contributed by atoms with Crippen molar-refractivity contribution in [3.05, 3.63) is 34.3 Å². The summed E-state index contributed by atoms with van der Waals surface area (Å²) < 4.78 is 39.4. The Labute approximate surface area is 140 Å². The minimum atomic E-state index is -4.46. The number of alkyl halides is 3. The van der Waals surface area contributed by atoms with Crippen LogP contribution in [-0.2, 0) is 24.6 Å². The van der Waals surface area contributed by atoms with Crippen molar-refractivity contribution in [3.8, 4) is 0 Å². The summed E-state index contributed by atoms with van der Waals surface area (Å²) in [6, 6.07) is 0. The van der Waals surface area contributed by atoms with E-state index in [-0.39, 0.29) is 29.3 Å². The molecule has 2 aromatic rings. The van der Waals surface area contributed by atoms with E-state index in [0.717, 1.165) is 22.4 Å². The van der Waals surface area contributed by atoms with Crippen molar-refractivity contribution in [2.24, 2.45) is 13.0 Å². The number of nitrogens with one attached hydrogen (secondary N) is 2. The van der Waals surface area contributed by atoms with Gasteiger partial charge < -0.3 is 15.2 Å². The molecule has 1 aliphatic heterocycles. The number of hydrogen-bond acceptors (Lipinski definition) is 5. The number of carbonyl (C=O) groups excluding carboxylic acids is 1. The van der Waals surface area contributed by atoms with Crippen LogP contribution in [0.15, 0.2) is 17.9 Å². The number of halogens is 3. The summed E-state index contributed by atoms with van der Waals surface area (Å²) in [6.07, 6.45) is -0.913. The molecule has 0 saturated carbocycles. The van der Waals surface area contributed by atoms with Crippen LogP contribution in [0.5, 0.6) is 0 Å². The summed E-state index contributed by atoms with van der Waals surface area (Å²) in [4.78, 5) is 20.2. The zero-order valence-electron chi connectivity index (χ0n) is 12.8. The molecule has 1 fully saturated rings. The number of aromatic nitrogens is 3. The van der Waals surface area contributed by atoms with Crippen LogP contribution in [0.2, 0.25) is 0 Å². The number of thiazole rings is 1. The third-order valence-electron chi connectivity index (χ3n) is 3.91. The molecule has 130 valence electrons. The van der Waals surface area contributed by atoms with Crippen molar-refractivity contribution in [3.63, 3.8) is 0 Å². The highest BCUT2D eigenvalue weighted by Gasteiger charge is 2.36. The minimum Gasteiger partial charge on any atom is -0.349 e. The number of rotatable bonds is 4. The average Bonchev–Trinajstić information content (AvgIpc) is 3.23. The van der Waals surface area contributed by atoms with Crippen LogP contribution >= 0.6 is 11.3 Å². The van der Waals surface area contributed by atoms with Gasteiger partial charge in [-0.2, -0.15) is 13.2 Å². The Bertz CT molecular complexity index is 726. The van der Waals surface area contributed by atoms with Crippen molar-refractivity contribution in [2.75, 3.05) is 13.1 Å². The summed E-state index contributed by atoms with van der Waals surface area (Å²) in [7, 11) is 1.86. The minimum absolute atomic E-state index is 0.00891. The molecule has 0 radical (unpaired) electrons. The summed E-state index contributed by atoms with van der Waals surface area (Å²) in [5, 5.41) is 7.03. The fraction of sp³-hybridized carbons (Fsp3) is 0.500. The van der Waals surface area contributed by atoms with Crippen LogP contribution in [0, 0.1) is 5.92 Å². The summed E-state index contributed by atoms with van der Waals surface area (Å²) in [5.41, 5.74) is -0.0955. The van der Waals surface area contributed by atoms with E-state index in [9.17, 15) is 18.0 Å². The van der Waals surface area contributed by atoms with Crippen LogP contribution in [0.1, 0.15) is 22.3 Å². The van der Waals surface area contributed by atoms with E-state index in [1.165, 1.54) is 0 Å². The highest BCUT2D eigenvalue weighted by Crippen LogP contribution is 2.30. The first kappa shape index (κ1) is 16.9. The smallest absolute Gasteiger partial charge is 0.349 e. The molecular weight excluding hydrogens is 343 g/mol. The predicted octanol–water partition coefficient (Wildman–Crippen LogP) is 1.51. The molecule has 2 aromatic heterocycles. The number of imidazole rings is 1. The highest BCUT2D eigenvalue weighted by atomic mass is 32.1. The van der Waals surface area contributed by atoms with Gasteiger partial charge in [-0.05, 0) is 0 Å². The molecular formula is C14H16F3N5OS. The molecule has 0 bridgehead atoms. The lowest BCUT2D eigenvalue weighted by atomic mass is 9.92. The Morgan fingerprint density at radius 3 is 2.92 bits per heavy atom. The molecule has 2 N–H and O–H groups in total. The van der Waals surface area contributed by atoms with Crippen LogP contribution in [-0.4, -0.2) is 33.5 Å². The summed E-state index contributed by atoms with van der Waals surface area (Å²) >= 11 is 0.884. The first-order valence-corrected chi connectivity index (χ1v) is 8.20. The van der Waals surface area contributed by atoms with E-state index in [4.69, 9.17) is 0 Å². The topological polar surface area (TPSA) is 71.8 Å². The van der Waals surface area contributed by atoms with Gasteiger partial charge in [0.1, 0.15) is 5.01 Å². The van der Waals surface area contributed by atoms with E-state index in [2.05, 4.69) is 20.6 Å². The highest BCUT2D eigenvalue weighted by molar-refractivity contribution is 7.09. The fourth-order valence-corrected chi connectivity index (χ4v) is 3.45. The van der Waals surface area contributed by atoms with Gasteiger partial charge in [0.25, 0.3) is 0 Å². The molecule has 1 saturated heterocycles. The van der Waals surface area contributed by atoms with Gasteiger partial charge in [-0.15, -0.1) is 11.3 Å². The van der Waals surface area contributed by atoms with E-state index in [1.807, 2.05) is 17.8 Å². The molecule has 24 heavy (non-hydrogen) atoms. The van der Waals surface area contributed by atoms with E-state index in [1.54, 1.807) is 6.33 Å². The quantitative estimate of drug-likeness (QED) is 0.868. The summed E-state index contributed by atoms with van der Waals surface area (Å²) in [5.74, 6) is -0.561. The zero-order valence-corrected chi connectivity index (χ0v) is 13.6. The second-order valence-corrected chi connectivity index (χ2v) is 6.62. The third-order valence-corrected chi connectivity index (χ3v) is 4.76. The monoisotopic (exact) mass is 359 g/mol. The van der Waals surface area contributed by atoms with Crippen LogP contribution in [0.3, 0.4) is 0 Å². The zero-order chi connectivity index (χ0) is 17.3. The maximum absolute atomic E-state index is 12.5. The van der Waals surface area contributed by atoms with Crippen molar-refractivity contribution in [2.45, 2.75) is 18.6 Å². The SMILES string of the molecule is Cn1cnc([C@@H]2CNC[C@H]2C(=O)NCc2nc(C(F)(F)F)cs2)c1. The number of aryl methyl sites for hydroxylation is 1. The number of nitrogens with zero attached hydrogens (tertiary/aromatic N) is 3. The Morgan fingerprint density at radius 1 is 1.50 bits per heavy atom. The second-order valence-electron chi connectivity index (χ2n) is 5.68. The van der Waals surface area contributed by atoms with Crippen LogP contribution < -0.4 is 10.6 Å². The van der Waals surface area contributed by atoms with Crippen molar-refractivity contribution in [1.82, 2.24) is 25.2 Å². The van der Waals surface area contributed by atoms with Crippen molar-refractivity contribution < 1.29 is 18.0 Å². The molecule has 1 aliphatic rings. The van der Waals surface area contributed by atoms with Crippen LogP contribution in [0.4, 0.5) is 13.2 Å². The van der Waals surface area contributed by atoms with E-state index < -0.39 is 11.9 Å². The lowest BCUT2D eigenvalue weighted by molar-refractivity contribution is -0.140. The first-order valence-electron chi connectivity index (χ1n) is 7.32. The van der Waals surface area contributed by atoms with Gasteiger partial charge in [-0.3, -0.25) is 4.79 Å². The molecule has 2 atom stereocenters.